The van der Waals surface area contributed by atoms with Crippen molar-refractivity contribution >= 4 is 17.2 Å². The first-order valence-corrected chi connectivity index (χ1v) is 10.1. The molecular weight excluding hydrogens is 362 g/mol. The molecule has 0 spiro atoms. The Morgan fingerprint density at radius 1 is 1.37 bits per heavy atom. The first-order valence-electron chi connectivity index (χ1n) is 9.21. The van der Waals surface area contributed by atoms with Crippen molar-refractivity contribution in [2.24, 2.45) is 0 Å². The summed E-state index contributed by atoms with van der Waals surface area (Å²) in [6.07, 6.45) is 0.216. The van der Waals surface area contributed by atoms with Gasteiger partial charge in [0.2, 0.25) is 5.91 Å². The number of hydrogen-bond donors (Lipinski definition) is 2. The van der Waals surface area contributed by atoms with E-state index < -0.39 is 5.54 Å². The maximum atomic E-state index is 12.1. The van der Waals surface area contributed by atoms with E-state index in [-0.39, 0.29) is 18.9 Å². The van der Waals surface area contributed by atoms with E-state index in [1.807, 2.05) is 5.38 Å². The lowest BCUT2D eigenvalue weighted by atomic mass is 10.1. The molecule has 0 saturated carbocycles. The van der Waals surface area contributed by atoms with E-state index in [2.05, 4.69) is 39.5 Å². The quantitative estimate of drug-likeness (QED) is 0.758. The number of aliphatic hydroxyl groups excluding tert-OH is 1. The Kier molecular flexibility index (Phi) is 6.59. The summed E-state index contributed by atoms with van der Waals surface area (Å²) in [5, 5.41) is 14.9. The Morgan fingerprint density at radius 3 is 2.89 bits per heavy atom. The second kappa shape index (κ2) is 8.93. The van der Waals surface area contributed by atoms with Gasteiger partial charge in [-0.2, -0.15) is 0 Å². The number of rotatable bonds is 7. The number of amides is 1. The van der Waals surface area contributed by atoms with Crippen molar-refractivity contribution in [3.63, 3.8) is 0 Å². The van der Waals surface area contributed by atoms with Gasteiger partial charge in [-0.15, -0.1) is 11.3 Å². The fraction of sp³-hybridized carbons (Fsp3) is 0.500. The molecule has 6 nitrogen and oxygen atoms in total. The molecule has 3 rings (SSSR count). The number of thiazole rings is 1. The van der Waals surface area contributed by atoms with Crippen LogP contribution in [0.25, 0.3) is 10.6 Å². The van der Waals surface area contributed by atoms with Crippen LogP contribution in [0.15, 0.2) is 29.6 Å². The van der Waals surface area contributed by atoms with E-state index in [1.165, 1.54) is 5.56 Å². The minimum atomic E-state index is -0.621. The summed E-state index contributed by atoms with van der Waals surface area (Å²) in [4.78, 5) is 19.2. The molecule has 1 aromatic heterocycles. The zero-order chi connectivity index (χ0) is 19.3. The number of nitrogens with one attached hydrogen (secondary N) is 1. The second-order valence-corrected chi connectivity index (χ2v) is 8.36. The molecule has 0 radical (unpaired) electrons. The predicted octanol–water partition coefficient (Wildman–Crippen LogP) is 2.07. The van der Waals surface area contributed by atoms with E-state index in [0.29, 0.717) is 0 Å². The maximum Gasteiger partial charge on any atom is 0.226 e. The number of hydrogen-bond acceptors (Lipinski definition) is 6. The number of benzene rings is 1. The summed E-state index contributed by atoms with van der Waals surface area (Å²) in [7, 11) is 0. The number of carbonyl (C=O) groups excluding carboxylic acids is 1. The summed E-state index contributed by atoms with van der Waals surface area (Å²) >= 11 is 1.55. The molecule has 2 heterocycles. The Balaban J connectivity index is 1.63. The fourth-order valence-corrected chi connectivity index (χ4v) is 3.78. The van der Waals surface area contributed by atoms with Crippen LogP contribution in [-0.4, -0.2) is 59.3 Å². The molecule has 146 valence electrons. The van der Waals surface area contributed by atoms with Gasteiger partial charge in [0.25, 0.3) is 0 Å². The van der Waals surface area contributed by atoms with Crippen molar-refractivity contribution in [1.29, 1.82) is 0 Å². The summed E-state index contributed by atoms with van der Waals surface area (Å²) in [5.41, 5.74) is 2.46. The summed E-state index contributed by atoms with van der Waals surface area (Å²) in [6.45, 7) is 7.91. The van der Waals surface area contributed by atoms with Gasteiger partial charge in [0.15, 0.2) is 0 Å². The van der Waals surface area contributed by atoms with Crippen LogP contribution in [-0.2, 0) is 22.5 Å². The number of aliphatic hydroxyl groups is 1. The van der Waals surface area contributed by atoms with E-state index in [0.717, 1.165) is 49.1 Å². The highest BCUT2D eigenvalue weighted by molar-refractivity contribution is 7.13. The van der Waals surface area contributed by atoms with Gasteiger partial charge in [0.05, 0.1) is 37.5 Å². The lowest BCUT2D eigenvalue weighted by molar-refractivity contribution is -0.122. The zero-order valence-corrected chi connectivity index (χ0v) is 16.7. The summed E-state index contributed by atoms with van der Waals surface area (Å²) in [5.74, 6) is -0.132. The molecule has 2 N–H and O–H groups in total. The summed E-state index contributed by atoms with van der Waals surface area (Å²) < 4.78 is 5.41. The molecule has 1 fully saturated rings. The minimum Gasteiger partial charge on any atom is -0.394 e. The van der Waals surface area contributed by atoms with Crippen molar-refractivity contribution in [1.82, 2.24) is 15.2 Å². The number of aromatic nitrogens is 1. The smallest absolute Gasteiger partial charge is 0.226 e. The normalized spacial score (nSPS) is 15.7. The molecule has 0 bridgehead atoms. The summed E-state index contributed by atoms with van der Waals surface area (Å²) in [6, 6.07) is 8.42. The molecule has 1 aliphatic heterocycles. The maximum absolute atomic E-state index is 12.1. The standard InChI is InChI=1S/C20H27N3O3S/c1-20(2,14-24)22-18(25)11-17-13-27-19(21-17)16-5-3-4-15(10-16)12-23-6-8-26-9-7-23/h3-5,10,13,24H,6-9,11-12,14H2,1-2H3,(H,22,25). The van der Waals surface area contributed by atoms with Crippen molar-refractivity contribution in [3.05, 3.63) is 40.9 Å². The predicted molar refractivity (Wildman–Crippen MR) is 107 cm³/mol. The topological polar surface area (TPSA) is 74.7 Å². The van der Waals surface area contributed by atoms with E-state index >= 15 is 0 Å². The Morgan fingerprint density at radius 2 is 2.15 bits per heavy atom. The van der Waals surface area contributed by atoms with Crippen molar-refractivity contribution in [2.75, 3.05) is 32.9 Å². The molecule has 7 heteroatoms. The molecule has 1 saturated heterocycles. The molecule has 2 aromatic rings. The van der Waals surface area contributed by atoms with Crippen LogP contribution in [0.1, 0.15) is 25.1 Å². The lowest BCUT2D eigenvalue weighted by Crippen LogP contribution is -2.46. The van der Waals surface area contributed by atoms with Gasteiger partial charge in [-0.3, -0.25) is 9.69 Å². The van der Waals surface area contributed by atoms with Crippen LogP contribution in [0, 0.1) is 0 Å². The van der Waals surface area contributed by atoms with Crippen molar-refractivity contribution < 1.29 is 14.6 Å². The van der Waals surface area contributed by atoms with Crippen molar-refractivity contribution in [2.45, 2.75) is 32.4 Å². The van der Waals surface area contributed by atoms with Gasteiger partial charge in [0.1, 0.15) is 5.01 Å². The highest BCUT2D eigenvalue weighted by Crippen LogP contribution is 2.25. The third-order valence-electron chi connectivity index (χ3n) is 4.45. The average molecular weight is 390 g/mol. The van der Waals surface area contributed by atoms with Crippen LogP contribution in [0.3, 0.4) is 0 Å². The number of carbonyl (C=O) groups is 1. The van der Waals surface area contributed by atoms with Crippen molar-refractivity contribution in [3.8, 4) is 10.6 Å². The average Bonchev–Trinajstić information content (AvgIpc) is 3.11. The first-order chi connectivity index (χ1) is 12.9. The highest BCUT2D eigenvalue weighted by Gasteiger charge is 2.20. The SMILES string of the molecule is CC(C)(CO)NC(=O)Cc1csc(-c2cccc(CN3CCOCC3)c2)n1. The molecule has 1 aliphatic rings. The van der Waals surface area contributed by atoms with Gasteiger partial charge >= 0.3 is 0 Å². The lowest BCUT2D eigenvalue weighted by Gasteiger charge is -2.26. The van der Waals surface area contributed by atoms with Crippen LogP contribution < -0.4 is 5.32 Å². The highest BCUT2D eigenvalue weighted by atomic mass is 32.1. The van der Waals surface area contributed by atoms with E-state index in [1.54, 1.807) is 25.2 Å². The van der Waals surface area contributed by atoms with Crippen LogP contribution in [0.2, 0.25) is 0 Å². The second-order valence-electron chi connectivity index (χ2n) is 7.50. The number of nitrogens with zero attached hydrogens (tertiary/aromatic N) is 2. The molecule has 1 aromatic carbocycles. The van der Waals surface area contributed by atoms with Crippen LogP contribution >= 0.6 is 11.3 Å². The van der Waals surface area contributed by atoms with Gasteiger partial charge in [0, 0.05) is 30.6 Å². The largest absolute Gasteiger partial charge is 0.394 e. The Labute approximate surface area is 164 Å². The van der Waals surface area contributed by atoms with Gasteiger partial charge in [-0.1, -0.05) is 18.2 Å². The minimum absolute atomic E-state index is 0.100. The number of ether oxygens (including phenoxy) is 1. The molecule has 0 aliphatic carbocycles. The number of morpholine rings is 1. The van der Waals surface area contributed by atoms with Gasteiger partial charge < -0.3 is 15.2 Å². The molecule has 0 unspecified atom stereocenters. The zero-order valence-electron chi connectivity index (χ0n) is 15.9. The monoisotopic (exact) mass is 389 g/mol. The molecule has 27 heavy (non-hydrogen) atoms. The van der Waals surface area contributed by atoms with Crippen LogP contribution in [0.4, 0.5) is 0 Å². The Hall–Kier alpha value is -1.80. The van der Waals surface area contributed by atoms with E-state index in [4.69, 9.17) is 4.74 Å². The first kappa shape index (κ1) is 19.9. The third kappa shape index (κ3) is 5.84. The Bertz CT molecular complexity index is 769. The van der Waals surface area contributed by atoms with Gasteiger partial charge in [-0.05, 0) is 25.5 Å². The van der Waals surface area contributed by atoms with E-state index in [9.17, 15) is 9.90 Å². The molecule has 0 atom stereocenters. The fourth-order valence-electron chi connectivity index (χ4n) is 2.97. The third-order valence-corrected chi connectivity index (χ3v) is 5.39. The molecule has 1 amide bonds. The molecular formula is C20H27N3O3S. The van der Waals surface area contributed by atoms with Crippen LogP contribution in [0.5, 0.6) is 0 Å². The van der Waals surface area contributed by atoms with Gasteiger partial charge in [-0.25, -0.2) is 4.98 Å².